The summed E-state index contributed by atoms with van der Waals surface area (Å²) in [7, 11) is -3.16. The van der Waals surface area contributed by atoms with Gasteiger partial charge in [-0.2, -0.15) is 0 Å². The van der Waals surface area contributed by atoms with Gasteiger partial charge in [0, 0.05) is 12.2 Å². The molecule has 1 saturated carbocycles. The fourth-order valence-corrected chi connectivity index (χ4v) is 7.59. The Morgan fingerprint density at radius 3 is 2.69 bits per heavy atom. The van der Waals surface area contributed by atoms with Gasteiger partial charge in [0.15, 0.2) is 9.84 Å². The van der Waals surface area contributed by atoms with Gasteiger partial charge in [0.2, 0.25) is 0 Å². The predicted octanol–water partition coefficient (Wildman–Crippen LogP) is 2.44. The normalized spacial score (nSPS) is 24.8. The molecule has 2 aliphatic heterocycles. The van der Waals surface area contributed by atoms with E-state index in [0.29, 0.717) is 32.7 Å². The van der Waals surface area contributed by atoms with Crippen LogP contribution in [0.5, 0.6) is 0 Å². The molecule has 0 aromatic carbocycles. The number of hydrogen-bond acceptors (Lipinski definition) is 8. The summed E-state index contributed by atoms with van der Waals surface area (Å²) in [6.07, 6.45) is 7.84. The number of sulfone groups is 1. The molecule has 1 N–H and O–H groups in total. The van der Waals surface area contributed by atoms with Gasteiger partial charge >= 0.3 is 0 Å². The zero-order chi connectivity index (χ0) is 22.5. The summed E-state index contributed by atoms with van der Waals surface area (Å²) in [5.74, 6) is 0.0777. The van der Waals surface area contributed by atoms with Crippen LogP contribution in [0.3, 0.4) is 0 Å². The average molecular weight is 491 g/mol. The SMILES string of the molecule is O=C1C(=Cc2c(NC3CCCC3)nc3ccccn3c2=O)SC(=S)N1C1CCS(=O)(=O)C1. The first-order valence-corrected chi connectivity index (χ1v) is 13.6. The lowest BCUT2D eigenvalue weighted by molar-refractivity contribution is -0.123. The number of thiocarbonyl (C=S) groups is 1. The van der Waals surface area contributed by atoms with E-state index in [0.717, 1.165) is 37.4 Å². The molecule has 1 amide bonds. The maximum atomic E-state index is 13.3. The molecule has 11 heteroatoms. The highest BCUT2D eigenvalue weighted by molar-refractivity contribution is 8.26. The van der Waals surface area contributed by atoms with E-state index in [1.165, 1.54) is 9.30 Å². The minimum Gasteiger partial charge on any atom is -0.367 e. The molecular weight excluding hydrogens is 468 g/mol. The lowest BCUT2D eigenvalue weighted by Crippen LogP contribution is -2.39. The highest BCUT2D eigenvalue weighted by Crippen LogP contribution is 2.36. The summed E-state index contributed by atoms with van der Waals surface area (Å²) in [6, 6.07) is 5.13. The number of carbonyl (C=O) groups excluding carboxylic acids is 1. The summed E-state index contributed by atoms with van der Waals surface area (Å²) in [6.45, 7) is 0. The van der Waals surface area contributed by atoms with Gasteiger partial charge in [-0.25, -0.2) is 13.4 Å². The summed E-state index contributed by atoms with van der Waals surface area (Å²) in [5.41, 5.74) is 0.559. The van der Waals surface area contributed by atoms with E-state index in [1.807, 2.05) is 6.07 Å². The van der Waals surface area contributed by atoms with Gasteiger partial charge < -0.3 is 5.32 Å². The molecule has 168 valence electrons. The minimum atomic E-state index is -3.16. The maximum Gasteiger partial charge on any atom is 0.267 e. The van der Waals surface area contributed by atoms with E-state index < -0.39 is 15.9 Å². The highest BCUT2D eigenvalue weighted by atomic mass is 32.2. The lowest BCUT2D eigenvalue weighted by Gasteiger charge is -2.21. The van der Waals surface area contributed by atoms with Gasteiger partial charge in [-0.15, -0.1) is 0 Å². The molecule has 0 radical (unpaired) electrons. The summed E-state index contributed by atoms with van der Waals surface area (Å²) < 4.78 is 25.6. The fraction of sp³-hybridized carbons (Fsp3) is 0.429. The average Bonchev–Trinajstić information content (AvgIpc) is 3.45. The number of carbonyl (C=O) groups is 1. The number of rotatable bonds is 4. The molecule has 3 fully saturated rings. The van der Waals surface area contributed by atoms with E-state index in [9.17, 15) is 18.0 Å². The molecule has 32 heavy (non-hydrogen) atoms. The number of nitrogens with zero attached hydrogens (tertiary/aromatic N) is 3. The third kappa shape index (κ3) is 3.97. The molecule has 1 unspecified atom stereocenters. The zero-order valence-corrected chi connectivity index (χ0v) is 19.6. The fourth-order valence-electron chi connectivity index (χ4n) is 4.51. The van der Waals surface area contributed by atoms with Crippen LogP contribution in [0, 0.1) is 0 Å². The van der Waals surface area contributed by atoms with Crippen LogP contribution in [0.1, 0.15) is 37.7 Å². The summed E-state index contributed by atoms with van der Waals surface area (Å²) in [5, 5.41) is 3.40. The second-order valence-electron chi connectivity index (χ2n) is 8.34. The van der Waals surface area contributed by atoms with Gasteiger partial charge in [-0.3, -0.25) is 18.9 Å². The Morgan fingerprint density at radius 1 is 1.19 bits per heavy atom. The Labute approximate surface area is 195 Å². The van der Waals surface area contributed by atoms with Crippen LogP contribution in [0.15, 0.2) is 34.1 Å². The van der Waals surface area contributed by atoms with Crippen molar-refractivity contribution in [3.05, 3.63) is 45.2 Å². The van der Waals surface area contributed by atoms with Crippen LogP contribution in [0.4, 0.5) is 5.82 Å². The predicted molar refractivity (Wildman–Crippen MR) is 129 cm³/mol. The number of fused-ring (bicyclic) bond motifs is 1. The van der Waals surface area contributed by atoms with Crippen LogP contribution >= 0.6 is 24.0 Å². The second kappa shape index (κ2) is 8.27. The number of anilines is 1. The smallest absolute Gasteiger partial charge is 0.267 e. The molecule has 0 bridgehead atoms. The number of pyridine rings is 1. The van der Waals surface area contributed by atoms with Gasteiger partial charge in [0.25, 0.3) is 11.5 Å². The van der Waals surface area contributed by atoms with Gasteiger partial charge in [-0.05, 0) is 37.5 Å². The number of thioether (sulfide) groups is 1. The number of hydrogen-bond donors (Lipinski definition) is 1. The molecule has 4 heterocycles. The number of nitrogens with one attached hydrogen (secondary N) is 1. The van der Waals surface area contributed by atoms with Gasteiger partial charge in [0.1, 0.15) is 15.8 Å². The first-order chi connectivity index (χ1) is 15.3. The maximum absolute atomic E-state index is 13.3. The molecule has 8 nitrogen and oxygen atoms in total. The molecule has 3 aliphatic rings. The minimum absolute atomic E-state index is 0.0547. The van der Waals surface area contributed by atoms with Gasteiger partial charge in [0.05, 0.1) is 28.0 Å². The van der Waals surface area contributed by atoms with Crippen molar-refractivity contribution >= 4 is 61.6 Å². The third-order valence-corrected chi connectivity index (χ3v) is 9.22. The molecule has 2 aromatic heterocycles. The van der Waals surface area contributed by atoms with Crippen molar-refractivity contribution < 1.29 is 13.2 Å². The quantitative estimate of drug-likeness (QED) is 0.515. The molecular formula is C21H22N4O4S3. The Kier molecular flexibility index (Phi) is 5.58. The van der Waals surface area contributed by atoms with Crippen LogP contribution in [-0.2, 0) is 14.6 Å². The second-order valence-corrected chi connectivity index (χ2v) is 12.2. The van der Waals surface area contributed by atoms with Crippen molar-refractivity contribution in [2.45, 2.75) is 44.2 Å². The van der Waals surface area contributed by atoms with Crippen LogP contribution in [0.2, 0.25) is 0 Å². The Bertz CT molecular complexity index is 1310. The van der Waals surface area contributed by atoms with E-state index in [2.05, 4.69) is 10.3 Å². The highest BCUT2D eigenvalue weighted by Gasteiger charge is 2.42. The molecule has 5 rings (SSSR count). The first kappa shape index (κ1) is 21.6. The first-order valence-electron chi connectivity index (χ1n) is 10.6. The Morgan fingerprint density at radius 2 is 1.97 bits per heavy atom. The van der Waals surface area contributed by atoms with E-state index >= 15 is 0 Å². The molecule has 0 spiro atoms. The standard InChI is InChI=1S/C21H22N4O4S3/c26-19-15(11-16-20(27)25(21(30)31-16)14-8-10-32(28,29)12-14)18(22-13-5-1-2-6-13)23-17-7-3-4-9-24(17)19/h3-4,7,9,11,13-14,22H,1-2,5-6,8,10,12H2. The van der Waals surface area contributed by atoms with Crippen molar-refractivity contribution in [2.75, 3.05) is 16.8 Å². The van der Waals surface area contributed by atoms with Gasteiger partial charge in [-0.1, -0.05) is 42.9 Å². The number of amides is 1. The van der Waals surface area contributed by atoms with E-state index in [1.54, 1.807) is 24.4 Å². The van der Waals surface area contributed by atoms with E-state index in [-0.39, 0.29) is 29.0 Å². The monoisotopic (exact) mass is 490 g/mol. The lowest BCUT2D eigenvalue weighted by atomic mass is 10.2. The van der Waals surface area contributed by atoms with Crippen LogP contribution in [-0.4, -0.2) is 56.5 Å². The largest absolute Gasteiger partial charge is 0.367 e. The van der Waals surface area contributed by atoms with Crippen LogP contribution < -0.4 is 10.9 Å². The number of aromatic nitrogens is 2. The van der Waals surface area contributed by atoms with E-state index in [4.69, 9.17) is 12.2 Å². The molecule has 1 aliphatic carbocycles. The zero-order valence-electron chi connectivity index (χ0n) is 17.2. The van der Waals surface area contributed by atoms with Crippen molar-refractivity contribution in [1.29, 1.82) is 0 Å². The third-order valence-electron chi connectivity index (χ3n) is 6.14. The molecule has 2 aromatic rings. The van der Waals surface area contributed by atoms with Crippen molar-refractivity contribution in [3.8, 4) is 0 Å². The van der Waals surface area contributed by atoms with Crippen molar-refractivity contribution in [3.63, 3.8) is 0 Å². The van der Waals surface area contributed by atoms with Crippen molar-refractivity contribution in [1.82, 2.24) is 14.3 Å². The topological polar surface area (TPSA) is 101 Å². The Hall–Kier alpha value is -2.24. The van der Waals surface area contributed by atoms with Crippen molar-refractivity contribution in [2.24, 2.45) is 0 Å². The molecule has 1 atom stereocenters. The molecule has 2 saturated heterocycles. The summed E-state index contributed by atoms with van der Waals surface area (Å²) >= 11 is 6.50. The Balaban J connectivity index is 1.55. The summed E-state index contributed by atoms with van der Waals surface area (Å²) in [4.78, 5) is 32.8. The van der Waals surface area contributed by atoms with Crippen LogP contribution in [0.25, 0.3) is 11.7 Å².